The molecule has 0 radical (unpaired) electrons. The predicted octanol–water partition coefficient (Wildman–Crippen LogP) is 22.3. The molecule has 11 nitrogen and oxygen atoms in total. The number of hydrogen-bond acceptors (Lipinski definition) is 8. The molecule has 2 atom stereocenters. The third kappa shape index (κ3) is 11.3. The molecule has 0 aromatic heterocycles. The molecule has 95 heavy (non-hydrogen) atoms. The van der Waals surface area contributed by atoms with Crippen LogP contribution >= 0.6 is 15.3 Å². The summed E-state index contributed by atoms with van der Waals surface area (Å²) in [4.78, 5) is 2.59. The molecule has 0 fully saturated rings. The van der Waals surface area contributed by atoms with E-state index in [0.717, 1.165) is 11.1 Å². The molecular weight excluding hydrogens is 1300 g/mol. The van der Waals surface area contributed by atoms with Crippen LogP contribution in [-0.2, 0) is 30.9 Å². The molecule has 12 aromatic rings. The molecule has 0 amide bonds. The number of nitrogens with zero attached hydrogens (tertiary/aromatic N) is 2. The minimum Gasteiger partial charge on any atom is -0.417 e. The van der Waals surface area contributed by atoms with Crippen molar-refractivity contribution in [1.82, 2.24) is 4.86 Å². The zero-order chi connectivity index (χ0) is 66.8. The molecule has 0 saturated heterocycles. The quantitative estimate of drug-likeness (QED) is 0.116. The number of rotatable bonds is 8. The van der Waals surface area contributed by atoms with Crippen molar-refractivity contribution < 1.29 is 61.3 Å². The Balaban J connectivity index is 1.20. The van der Waals surface area contributed by atoms with E-state index in [1.165, 1.54) is 0 Å². The Bertz CT molecular complexity index is 5170. The van der Waals surface area contributed by atoms with Gasteiger partial charge in [-0.3, -0.25) is 0 Å². The van der Waals surface area contributed by atoms with Crippen LogP contribution in [0.1, 0.15) is 52.7 Å². The zero-order valence-electron chi connectivity index (χ0n) is 51.6. The van der Waals surface area contributed by atoms with Crippen molar-refractivity contribution in [2.45, 2.75) is 63.4 Å². The van der Waals surface area contributed by atoms with Crippen LogP contribution in [0.25, 0.3) is 110 Å². The number of halogens is 6. The second kappa shape index (κ2) is 22.7. The molecule has 0 bridgehead atoms. The fourth-order valence-electron chi connectivity index (χ4n) is 12.3. The van der Waals surface area contributed by atoms with Crippen molar-refractivity contribution in [3.63, 3.8) is 0 Å². The molecule has 2 unspecified atom stereocenters. The third-order valence-electron chi connectivity index (χ3n) is 16.9. The van der Waals surface area contributed by atoms with Crippen LogP contribution in [-0.4, -0.2) is 27.9 Å². The molecular formula is C74H57F6N3O8P2S2. The number of nitrogens with one attached hydrogen (secondary N) is 1. The van der Waals surface area contributed by atoms with E-state index in [1.807, 2.05) is 65.8 Å². The second-order valence-electron chi connectivity index (χ2n) is 25.3. The molecule has 21 heteroatoms. The molecule has 0 spiro atoms. The van der Waals surface area contributed by atoms with Crippen LogP contribution in [0.2, 0.25) is 0 Å². The lowest BCUT2D eigenvalue weighted by Gasteiger charge is -2.32. The van der Waals surface area contributed by atoms with E-state index >= 15 is 26.3 Å². The summed E-state index contributed by atoms with van der Waals surface area (Å²) < 4.78 is 191. The summed E-state index contributed by atoms with van der Waals surface area (Å²) in [6.07, 6.45) is 0. The summed E-state index contributed by atoms with van der Waals surface area (Å²) >= 11 is 0. The van der Waals surface area contributed by atoms with Crippen molar-refractivity contribution in [2.75, 3.05) is 0 Å². The van der Waals surface area contributed by atoms with E-state index in [-0.39, 0.29) is 67.5 Å². The summed E-state index contributed by atoms with van der Waals surface area (Å²) in [6.45, 7) is 12.0. The first kappa shape index (κ1) is 63.2. The average molecular weight is 1360 g/mol. The smallest absolute Gasteiger partial charge is 0.417 e. The maximum atomic E-state index is 16.0. The lowest BCUT2D eigenvalue weighted by atomic mass is 9.84. The van der Waals surface area contributed by atoms with Crippen molar-refractivity contribution >= 4 is 78.5 Å². The van der Waals surface area contributed by atoms with Crippen LogP contribution in [0.4, 0.5) is 26.3 Å². The average Bonchev–Trinajstić information content (AvgIpc) is 1.59. The Morgan fingerprint density at radius 1 is 0.326 bits per heavy atom. The highest BCUT2D eigenvalue weighted by Gasteiger charge is 2.56. The summed E-state index contributed by atoms with van der Waals surface area (Å²) in [6, 6.07) is 65.9. The Morgan fingerprint density at radius 2 is 0.558 bits per heavy atom. The van der Waals surface area contributed by atoms with Crippen LogP contribution in [0.15, 0.2) is 239 Å². The monoisotopic (exact) mass is 1360 g/mol. The van der Waals surface area contributed by atoms with Crippen LogP contribution in [0, 0.1) is 0 Å². The van der Waals surface area contributed by atoms with Crippen molar-refractivity contribution in [2.24, 2.45) is 8.30 Å². The maximum absolute atomic E-state index is 16.0. The summed E-state index contributed by atoms with van der Waals surface area (Å²) in [5.41, 5.74) is -9.22. The standard InChI is InChI=1S/C74H57F6N3O8P2S2/c1-71(2,3)53-37-33-47(34-38-53)61-43-51-27-15-19-31-57(51)65-63-55-29-17-13-25-49(55)41-59(45-21-9-7-10-22-45)67(63)88-92(90-69(61)65,82-94(84,85)73(75,76)77)81-93(83-95(86,87)74(78,79)80)89-68-60(46-23-11-8-12-24-46)42-50-26-14-18-30-56(50)64(68)66-58-32-20-16-28-52(58)44-62(70(66)91-93)48-35-39-54(40-36-48)72(4,5)6/h7-44,81H,1-6H3. The van der Waals surface area contributed by atoms with E-state index in [2.05, 4.69) is 13.2 Å². The summed E-state index contributed by atoms with van der Waals surface area (Å²) in [7, 11) is -26.6. The van der Waals surface area contributed by atoms with Crippen molar-refractivity contribution in [3.05, 3.63) is 242 Å². The van der Waals surface area contributed by atoms with Gasteiger partial charge in [0.1, 0.15) is 23.0 Å². The highest BCUT2D eigenvalue weighted by molar-refractivity contribution is 7.96. The molecule has 2 aliphatic rings. The fraction of sp³-hybridized carbons (Fsp3) is 0.135. The first-order valence-electron chi connectivity index (χ1n) is 30.1. The molecule has 1 N–H and O–H groups in total. The third-order valence-corrected chi connectivity index (χ3v) is 25.3. The lowest BCUT2D eigenvalue weighted by molar-refractivity contribution is -0.0440. The first-order chi connectivity index (χ1) is 45.0. The Kier molecular flexibility index (Phi) is 15.1. The van der Waals surface area contributed by atoms with Gasteiger partial charge in [0.05, 0.1) is 0 Å². The molecule has 2 aliphatic heterocycles. The number of benzene rings is 12. The van der Waals surface area contributed by atoms with Gasteiger partial charge in [0, 0.05) is 44.5 Å². The van der Waals surface area contributed by atoms with Gasteiger partial charge in [0.25, 0.3) is 0 Å². The summed E-state index contributed by atoms with van der Waals surface area (Å²) in [5.74, 6) is -1.51. The number of alkyl halides is 6. The van der Waals surface area contributed by atoms with E-state index in [4.69, 9.17) is 18.1 Å². The zero-order valence-corrected chi connectivity index (χ0v) is 55.0. The second-order valence-corrected chi connectivity index (χ2v) is 33.0. The highest BCUT2D eigenvalue weighted by Crippen LogP contribution is 2.71. The van der Waals surface area contributed by atoms with Crippen molar-refractivity contribution in [1.29, 1.82) is 0 Å². The van der Waals surface area contributed by atoms with E-state index < -0.39 is 57.2 Å². The van der Waals surface area contributed by atoms with Gasteiger partial charge in [-0.25, -0.2) is 0 Å². The van der Waals surface area contributed by atoms with Gasteiger partial charge in [-0.2, -0.15) is 43.2 Å². The molecule has 2 heterocycles. The maximum Gasteiger partial charge on any atom is 0.518 e. The molecule has 0 saturated carbocycles. The van der Waals surface area contributed by atoms with Gasteiger partial charge in [-0.05, 0) is 112 Å². The van der Waals surface area contributed by atoms with Crippen molar-refractivity contribution in [3.8, 4) is 89.8 Å². The van der Waals surface area contributed by atoms with E-state index in [1.54, 1.807) is 206 Å². The SMILES string of the molecule is CC(C)(C)c1ccc(-c2cc3ccccc3c3c2OP(=NS(=O)(=O)C(F)(F)F)(NP2(=NS(=O)(=O)C(F)(F)F)Oc4c(-c5ccccc5)cc5ccccc5c4-c4c(c(-c5ccc(C(C)(C)C)cc5)cc5ccccc45)O2)Oc2c(-c4ccccc4)cc4ccccc4c2-3)cc1. The molecule has 480 valence electrons. The number of fused-ring (bicyclic) bond motifs is 14. The predicted molar refractivity (Wildman–Crippen MR) is 367 cm³/mol. The Hall–Kier alpha value is -9.22. The summed E-state index contributed by atoms with van der Waals surface area (Å²) in [5, 5.41) is 3.78. The van der Waals surface area contributed by atoms with Gasteiger partial charge >= 0.3 is 46.4 Å². The van der Waals surface area contributed by atoms with E-state index in [0.29, 0.717) is 65.3 Å². The van der Waals surface area contributed by atoms with Gasteiger partial charge in [-0.1, -0.05) is 256 Å². The molecule has 14 rings (SSSR count). The van der Waals surface area contributed by atoms with Crippen LogP contribution in [0.5, 0.6) is 23.0 Å². The van der Waals surface area contributed by atoms with E-state index in [9.17, 15) is 16.8 Å². The highest BCUT2D eigenvalue weighted by atomic mass is 32.2. The molecule has 0 aliphatic carbocycles. The Labute approximate surface area is 544 Å². The normalized spacial score (nSPS) is 16.6. The van der Waals surface area contributed by atoms with Gasteiger partial charge < -0.3 is 18.1 Å². The fourth-order valence-corrected chi connectivity index (χ4v) is 20.6. The van der Waals surface area contributed by atoms with Crippen LogP contribution < -0.4 is 23.0 Å². The molecule has 12 aromatic carbocycles. The lowest BCUT2D eigenvalue weighted by Crippen LogP contribution is -2.28. The van der Waals surface area contributed by atoms with Crippen LogP contribution in [0.3, 0.4) is 0 Å². The first-order valence-corrected chi connectivity index (χ1v) is 36.1. The minimum atomic E-state index is -7.04. The minimum absolute atomic E-state index is 0.112. The number of hydrogen-bond donors (Lipinski definition) is 1. The number of sulfonamides is 2. The van der Waals surface area contributed by atoms with Gasteiger partial charge in [-0.15, -0.1) is 4.86 Å². The largest absolute Gasteiger partial charge is 0.518 e. The van der Waals surface area contributed by atoms with Gasteiger partial charge in [0.15, 0.2) is 0 Å². The van der Waals surface area contributed by atoms with Gasteiger partial charge in [0.2, 0.25) is 0 Å². The Morgan fingerprint density at radius 3 is 0.800 bits per heavy atom. The topological polar surface area (TPSA) is 142 Å².